The molecule has 2 heteroatoms. The number of alkyl halides is 1. The van der Waals surface area contributed by atoms with Gasteiger partial charge in [-0.1, -0.05) is 0 Å². The zero-order chi connectivity index (χ0) is 7.07. The quantitative estimate of drug-likeness (QED) is 0.603. The van der Waals surface area contributed by atoms with Crippen LogP contribution in [-0.2, 0) is 0 Å². The molecule has 0 saturated heterocycles. The molecule has 1 aliphatic rings. The number of nitrogens with two attached hydrogens (primary N) is 1. The third-order valence-electron chi connectivity index (χ3n) is 1.92. The van der Waals surface area contributed by atoms with Crippen molar-refractivity contribution in [2.75, 3.05) is 0 Å². The van der Waals surface area contributed by atoms with E-state index in [0.717, 1.165) is 12.8 Å². The number of hydrogen-bond donors (Lipinski definition) is 1. The highest BCUT2D eigenvalue weighted by atomic mass is 19.1. The van der Waals surface area contributed by atoms with Crippen LogP contribution in [0.2, 0.25) is 0 Å². The standard InChI is InChI=1S/C7H14FN/c1-7(2,8)6(9)5-3-4-5/h5-6H,3-4,9H2,1-2H3. The van der Waals surface area contributed by atoms with Crippen LogP contribution in [0.3, 0.4) is 0 Å². The fourth-order valence-corrected chi connectivity index (χ4v) is 1.02. The molecule has 0 spiro atoms. The smallest absolute Gasteiger partial charge is 0.120 e. The van der Waals surface area contributed by atoms with Crippen LogP contribution in [0.15, 0.2) is 0 Å². The van der Waals surface area contributed by atoms with Crippen LogP contribution in [0.25, 0.3) is 0 Å². The molecule has 0 aromatic heterocycles. The van der Waals surface area contributed by atoms with E-state index in [9.17, 15) is 4.39 Å². The Morgan fingerprint density at radius 1 is 1.56 bits per heavy atom. The van der Waals surface area contributed by atoms with Gasteiger partial charge in [-0.25, -0.2) is 4.39 Å². The molecule has 0 radical (unpaired) electrons. The molecular formula is C7H14FN. The molecule has 1 atom stereocenters. The van der Waals surface area contributed by atoms with Crippen LogP contribution in [0, 0.1) is 5.92 Å². The maximum absolute atomic E-state index is 12.9. The Bertz CT molecular complexity index is 102. The summed E-state index contributed by atoms with van der Waals surface area (Å²) in [5.41, 5.74) is 4.40. The van der Waals surface area contributed by atoms with E-state index in [0.29, 0.717) is 5.92 Å². The van der Waals surface area contributed by atoms with Crippen molar-refractivity contribution in [3.63, 3.8) is 0 Å². The number of hydrogen-bond acceptors (Lipinski definition) is 1. The van der Waals surface area contributed by atoms with E-state index in [-0.39, 0.29) is 6.04 Å². The number of rotatable bonds is 2. The molecule has 1 fully saturated rings. The van der Waals surface area contributed by atoms with Gasteiger partial charge in [-0.05, 0) is 32.6 Å². The summed E-state index contributed by atoms with van der Waals surface area (Å²) in [5.74, 6) is 0.463. The van der Waals surface area contributed by atoms with E-state index in [2.05, 4.69) is 0 Å². The van der Waals surface area contributed by atoms with Gasteiger partial charge in [0.25, 0.3) is 0 Å². The second-order valence-electron chi connectivity index (χ2n) is 3.43. The van der Waals surface area contributed by atoms with Crippen molar-refractivity contribution >= 4 is 0 Å². The van der Waals surface area contributed by atoms with Gasteiger partial charge in [-0.3, -0.25) is 0 Å². The van der Waals surface area contributed by atoms with Gasteiger partial charge in [0.05, 0.1) is 0 Å². The van der Waals surface area contributed by atoms with E-state index in [1.165, 1.54) is 0 Å². The van der Waals surface area contributed by atoms with Crippen LogP contribution in [-0.4, -0.2) is 11.7 Å². The van der Waals surface area contributed by atoms with Gasteiger partial charge in [-0.2, -0.15) is 0 Å². The van der Waals surface area contributed by atoms with E-state index >= 15 is 0 Å². The maximum atomic E-state index is 12.9. The molecule has 1 rings (SSSR count). The average molecular weight is 131 g/mol. The summed E-state index contributed by atoms with van der Waals surface area (Å²) >= 11 is 0. The first-order chi connectivity index (χ1) is 4.02. The van der Waals surface area contributed by atoms with Gasteiger partial charge in [0.15, 0.2) is 0 Å². The van der Waals surface area contributed by atoms with Crippen molar-refractivity contribution in [1.82, 2.24) is 0 Å². The van der Waals surface area contributed by atoms with Gasteiger partial charge >= 0.3 is 0 Å². The highest BCUT2D eigenvalue weighted by Gasteiger charge is 2.38. The monoisotopic (exact) mass is 131 g/mol. The fraction of sp³-hybridized carbons (Fsp3) is 1.00. The lowest BCUT2D eigenvalue weighted by atomic mass is 9.98. The predicted molar refractivity (Wildman–Crippen MR) is 35.9 cm³/mol. The van der Waals surface area contributed by atoms with Crippen molar-refractivity contribution in [3.05, 3.63) is 0 Å². The summed E-state index contributed by atoms with van der Waals surface area (Å²) in [7, 11) is 0. The summed E-state index contributed by atoms with van der Waals surface area (Å²) in [6.45, 7) is 3.10. The Morgan fingerprint density at radius 2 is 2.00 bits per heavy atom. The third kappa shape index (κ3) is 1.65. The summed E-state index contributed by atoms with van der Waals surface area (Å²) in [4.78, 5) is 0. The minimum Gasteiger partial charge on any atom is -0.325 e. The van der Waals surface area contributed by atoms with E-state index < -0.39 is 5.67 Å². The molecule has 9 heavy (non-hydrogen) atoms. The van der Waals surface area contributed by atoms with Gasteiger partial charge < -0.3 is 5.73 Å². The minimum atomic E-state index is -1.18. The zero-order valence-electron chi connectivity index (χ0n) is 6.02. The summed E-state index contributed by atoms with van der Waals surface area (Å²) in [6.07, 6.45) is 2.24. The lowest BCUT2D eigenvalue weighted by Crippen LogP contribution is -2.41. The van der Waals surface area contributed by atoms with Crippen molar-refractivity contribution < 1.29 is 4.39 Å². The Labute approximate surface area is 55.4 Å². The largest absolute Gasteiger partial charge is 0.325 e. The van der Waals surface area contributed by atoms with E-state index in [4.69, 9.17) is 5.73 Å². The van der Waals surface area contributed by atoms with Crippen molar-refractivity contribution in [2.45, 2.75) is 38.4 Å². The van der Waals surface area contributed by atoms with Crippen LogP contribution in [0.4, 0.5) is 4.39 Å². The average Bonchev–Trinajstić information content (AvgIpc) is 2.40. The second-order valence-corrected chi connectivity index (χ2v) is 3.43. The van der Waals surface area contributed by atoms with Crippen LogP contribution in [0.5, 0.6) is 0 Å². The zero-order valence-corrected chi connectivity index (χ0v) is 6.02. The topological polar surface area (TPSA) is 26.0 Å². The third-order valence-corrected chi connectivity index (χ3v) is 1.92. The normalized spacial score (nSPS) is 24.0. The lowest BCUT2D eigenvalue weighted by molar-refractivity contribution is 0.160. The molecule has 54 valence electrons. The predicted octanol–water partition coefficient (Wildman–Crippen LogP) is 1.47. The Morgan fingerprint density at radius 3 is 2.11 bits per heavy atom. The SMILES string of the molecule is CC(C)(F)C(N)C1CC1. The second kappa shape index (κ2) is 1.94. The number of halogens is 1. The Balaban J connectivity index is 2.40. The molecule has 0 amide bonds. The molecule has 0 aromatic rings. The van der Waals surface area contributed by atoms with Gasteiger partial charge in [-0.15, -0.1) is 0 Å². The molecule has 0 aliphatic heterocycles. The Hall–Kier alpha value is -0.110. The molecule has 1 saturated carbocycles. The fourth-order valence-electron chi connectivity index (χ4n) is 1.02. The summed E-state index contributed by atoms with van der Waals surface area (Å²) in [5, 5.41) is 0. The lowest BCUT2D eigenvalue weighted by Gasteiger charge is -2.22. The molecule has 0 heterocycles. The van der Waals surface area contributed by atoms with Crippen molar-refractivity contribution in [3.8, 4) is 0 Å². The molecule has 0 aromatic carbocycles. The molecule has 2 N–H and O–H groups in total. The van der Waals surface area contributed by atoms with Gasteiger partial charge in [0, 0.05) is 6.04 Å². The summed E-state index contributed by atoms with van der Waals surface area (Å²) in [6, 6.07) is -0.238. The van der Waals surface area contributed by atoms with Crippen LogP contribution in [0.1, 0.15) is 26.7 Å². The van der Waals surface area contributed by atoms with Crippen LogP contribution >= 0.6 is 0 Å². The first kappa shape index (κ1) is 7.00. The highest BCUT2D eigenvalue weighted by Crippen LogP contribution is 2.36. The molecule has 1 aliphatic carbocycles. The maximum Gasteiger partial charge on any atom is 0.120 e. The van der Waals surface area contributed by atoms with E-state index in [1.807, 2.05) is 0 Å². The van der Waals surface area contributed by atoms with Crippen LogP contribution < -0.4 is 5.73 Å². The Kier molecular flexibility index (Phi) is 1.51. The molecule has 0 bridgehead atoms. The first-order valence-corrected chi connectivity index (χ1v) is 3.46. The summed E-state index contributed by atoms with van der Waals surface area (Å²) < 4.78 is 12.9. The first-order valence-electron chi connectivity index (χ1n) is 3.46. The van der Waals surface area contributed by atoms with Crippen molar-refractivity contribution in [1.29, 1.82) is 0 Å². The van der Waals surface area contributed by atoms with Gasteiger partial charge in [0.1, 0.15) is 5.67 Å². The highest BCUT2D eigenvalue weighted by molar-refractivity contribution is 4.93. The van der Waals surface area contributed by atoms with E-state index in [1.54, 1.807) is 13.8 Å². The minimum absolute atomic E-state index is 0.238. The molecular weight excluding hydrogens is 117 g/mol. The molecule has 1 nitrogen and oxygen atoms in total. The van der Waals surface area contributed by atoms with Gasteiger partial charge in [0.2, 0.25) is 0 Å². The molecule has 1 unspecified atom stereocenters. The van der Waals surface area contributed by atoms with Crippen molar-refractivity contribution in [2.24, 2.45) is 11.7 Å².